The van der Waals surface area contributed by atoms with E-state index in [1.54, 1.807) is 11.8 Å². The summed E-state index contributed by atoms with van der Waals surface area (Å²) in [7, 11) is 0. The minimum atomic E-state index is -0.706. The number of benzene rings is 3. The Kier molecular flexibility index (Phi) is 7.14. The lowest BCUT2D eigenvalue weighted by Gasteiger charge is -2.38. The van der Waals surface area contributed by atoms with Crippen molar-refractivity contribution in [1.82, 2.24) is 0 Å². The molecule has 0 bridgehead atoms. The first-order chi connectivity index (χ1) is 15.2. The molecule has 3 heteroatoms. The Morgan fingerprint density at radius 3 is 1.58 bits per heavy atom. The molecule has 2 nitrogen and oxygen atoms in total. The van der Waals surface area contributed by atoms with Gasteiger partial charge in [0.1, 0.15) is 5.25 Å². The lowest BCUT2D eigenvalue weighted by molar-refractivity contribution is -0.136. The van der Waals surface area contributed by atoms with Crippen LogP contribution < -0.4 is 0 Å². The standard InChI is InChI=1S/C28H30O2S/c29-27(30)26(21-22-13-5-1-6-14-22)31-28(23-15-7-2-8-16-23,24-17-9-3-10-18-24)25-19-11-4-12-20-25/h2-4,7-12,15-20,22,26H,1,5-6,13-14,21H2,(H,29,30). The van der Waals surface area contributed by atoms with Crippen molar-refractivity contribution in [2.24, 2.45) is 5.92 Å². The topological polar surface area (TPSA) is 37.3 Å². The fraction of sp³-hybridized carbons (Fsp3) is 0.321. The van der Waals surface area contributed by atoms with Crippen LogP contribution in [-0.4, -0.2) is 16.3 Å². The highest BCUT2D eigenvalue weighted by Gasteiger charge is 2.41. The summed E-state index contributed by atoms with van der Waals surface area (Å²) in [5, 5.41) is 9.82. The highest BCUT2D eigenvalue weighted by Crippen LogP contribution is 2.51. The van der Waals surface area contributed by atoms with E-state index in [1.807, 2.05) is 54.6 Å². The lowest BCUT2D eigenvalue weighted by Crippen LogP contribution is -2.32. The predicted octanol–water partition coefficient (Wildman–Crippen LogP) is 7.14. The average molecular weight is 431 g/mol. The number of aliphatic carboxylic acids is 1. The van der Waals surface area contributed by atoms with Crippen molar-refractivity contribution in [1.29, 1.82) is 0 Å². The third kappa shape index (κ3) is 4.88. The molecule has 31 heavy (non-hydrogen) atoms. The Morgan fingerprint density at radius 2 is 1.19 bits per heavy atom. The molecule has 4 rings (SSSR count). The van der Waals surface area contributed by atoms with Crippen molar-refractivity contribution < 1.29 is 9.90 Å². The fourth-order valence-electron chi connectivity index (χ4n) is 4.86. The third-order valence-corrected chi connectivity index (χ3v) is 8.15. The molecular formula is C28H30O2S. The number of hydrogen-bond acceptors (Lipinski definition) is 2. The van der Waals surface area contributed by atoms with Crippen LogP contribution in [0.4, 0.5) is 0 Å². The Morgan fingerprint density at radius 1 is 0.774 bits per heavy atom. The summed E-state index contributed by atoms with van der Waals surface area (Å²) in [4.78, 5) is 12.5. The molecule has 0 amide bonds. The first-order valence-corrected chi connectivity index (χ1v) is 12.2. The second-order valence-electron chi connectivity index (χ2n) is 8.46. The Bertz CT molecular complexity index is 853. The van der Waals surface area contributed by atoms with Gasteiger partial charge in [-0.15, -0.1) is 11.8 Å². The van der Waals surface area contributed by atoms with Crippen LogP contribution in [0.1, 0.15) is 55.2 Å². The molecule has 1 aliphatic carbocycles. The molecule has 0 heterocycles. The number of rotatable bonds is 8. The van der Waals surface area contributed by atoms with Crippen molar-refractivity contribution >= 4 is 17.7 Å². The largest absolute Gasteiger partial charge is 0.480 e. The zero-order valence-corrected chi connectivity index (χ0v) is 18.6. The molecule has 0 aromatic heterocycles. The van der Waals surface area contributed by atoms with Gasteiger partial charge in [-0.05, 0) is 29.0 Å². The van der Waals surface area contributed by atoms with E-state index in [0.717, 1.165) is 36.0 Å². The van der Waals surface area contributed by atoms with Crippen LogP contribution in [0.15, 0.2) is 91.0 Å². The number of carboxylic acid groups (broad SMARTS) is 1. The van der Waals surface area contributed by atoms with Crippen LogP contribution in [0.3, 0.4) is 0 Å². The minimum absolute atomic E-state index is 0.469. The Hall–Kier alpha value is -2.52. The molecule has 1 atom stereocenters. The molecule has 3 aromatic rings. The summed E-state index contributed by atoms with van der Waals surface area (Å²) in [6, 6.07) is 31.1. The van der Waals surface area contributed by atoms with Crippen LogP contribution >= 0.6 is 11.8 Å². The fourth-order valence-corrected chi connectivity index (χ4v) is 6.57. The first kappa shape index (κ1) is 21.7. The maximum absolute atomic E-state index is 12.5. The second-order valence-corrected chi connectivity index (χ2v) is 9.88. The highest BCUT2D eigenvalue weighted by molar-refractivity contribution is 8.01. The number of hydrogen-bond donors (Lipinski definition) is 1. The van der Waals surface area contributed by atoms with Crippen LogP contribution in [0, 0.1) is 5.92 Å². The molecule has 0 spiro atoms. The zero-order chi connectivity index (χ0) is 21.5. The van der Waals surface area contributed by atoms with Crippen molar-refractivity contribution in [3.63, 3.8) is 0 Å². The summed E-state index contributed by atoms with van der Waals surface area (Å²) in [6.45, 7) is 0. The summed E-state index contributed by atoms with van der Waals surface area (Å²) < 4.78 is -0.582. The van der Waals surface area contributed by atoms with Crippen molar-refractivity contribution in [3.05, 3.63) is 108 Å². The molecule has 0 radical (unpaired) electrons. The van der Waals surface area contributed by atoms with Crippen molar-refractivity contribution in [2.45, 2.75) is 48.5 Å². The van der Waals surface area contributed by atoms with Gasteiger partial charge in [-0.1, -0.05) is 123 Å². The third-order valence-electron chi connectivity index (χ3n) is 6.41. The van der Waals surface area contributed by atoms with Gasteiger partial charge in [0.05, 0.1) is 4.75 Å². The van der Waals surface area contributed by atoms with Gasteiger partial charge in [0.15, 0.2) is 0 Å². The molecule has 1 saturated carbocycles. The SMILES string of the molecule is O=C(O)C(CC1CCCCC1)SC(c1ccccc1)(c1ccccc1)c1ccccc1. The van der Waals surface area contributed by atoms with E-state index in [9.17, 15) is 9.90 Å². The smallest absolute Gasteiger partial charge is 0.316 e. The summed E-state index contributed by atoms with van der Waals surface area (Å²) in [5.74, 6) is -0.204. The van der Waals surface area contributed by atoms with Crippen LogP contribution in [0.5, 0.6) is 0 Å². The van der Waals surface area contributed by atoms with Gasteiger partial charge in [0, 0.05) is 0 Å². The highest BCUT2D eigenvalue weighted by atomic mass is 32.2. The van der Waals surface area contributed by atoms with Crippen LogP contribution in [-0.2, 0) is 9.54 Å². The van der Waals surface area contributed by atoms with Gasteiger partial charge in [-0.2, -0.15) is 0 Å². The number of carbonyl (C=O) groups is 1. The quantitative estimate of drug-likeness (QED) is 0.386. The monoisotopic (exact) mass is 430 g/mol. The van der Waals surface area contributed by atoms with Gasteiger partial charge in [-0.3, -0.25) is 4.79 Å². The van der Waals surface area contributed by atoms with E-state index in [2.05, 4.69) is 36.4 Å². The molecule has 1 unspecified atom stereocenters. The Balaban J connectivity index is 1.83. The molecule has 0 aliphatic heterocycles. The summed E-state index contributed by atoms with van der Waals surface area (Å²) in [5.41, 5.74) is 3.35. The van der Waals surface area contributed by atoms with E-state index < -0.39 is 16.0 Å². The normalized spacial score (nSPS) is 16.0. The number of carboxylic acids is 1. The predicted molar refractivity (Wildman–Crippen MR) is 129 cm³/mol. The first-order valence-electron chi connectivity index (χ1n) is 11.3. The molecule has 3 aromatic carbocycles. The molecular weight excluding hydrogens is 400 g/mol. The van der Waals surface area contributed by atoms with Gasteiger partial charge in [-0.25, -0.2) is 0 Å². The molecule has 160 valence electrons. The molecule has 1 fully saturated rings. The van der Waals surface area contributed by atoms with Crippen molar-refractivity contribution in [3.8, 4) is 0 Å². The van der Waals surface area contributed by atoms with E-state index in [-0.39, 0.29) is 0 Å². The van der Waals surface area contributed by atoms with E-state index in [0.29, 0.717) is 5.92 Å². The maximum Gasteiger partial charge on any atom is 0.316 e. The van der Waals surface area contributed by atoms with Gasteiger partial charge >= 0.3 is 5.97 Å². The van der Waals surface area contributed by atoms with E-state index >= 15 is 0 Å². The molecule has 1 aliphatic rings. The van der Waals surface area contributed by atoms with E-state index in [4.69, 9.17) is 0 Å². The van der Waals surface area contributed by atoms with Gasteiger partial charge < -0.3 is 5.11 Å². The lowest BCUT2D eigenvalue weighted by atomic mass is 9.84. The zero-order valence-electron chi connectivity index (χ0n) is 17.8. The average Bonchev–Trinajstić information content (AvgIpc) is 2.84. The van der Waals surface area contributed by atoms with Gasteiger partial charge in [0.25, 0.3) is 0 Å². The van der Waals surface area contributed by atoms with Crippen LogP contribution in [0.2, 0.25) is 0 Å². The number of thioether (sulfide) groups is 1. The minimum Gasteiger partial charge on any atom is -0.480 e. The Labute approximate surface area is 189 Å². The van der Waals surface area contributed by atoms with Crippen molar-refractivity contribution in [2.75, 3.05) is 0 Å². The molecule has 0 saturated heterocycles. The van der Waals surface area contributed by atoms with E-state index in [1.165, 1.54) is 19.3 Å². The second kappa shape index (κ2) is 10.2. The summed E-state index contributed by atoms with van der Waals surface area (Å²) in [6.07, 6.45) is 6.77. The summed E-state index contributed by atoms with van der Waals surface area (Å²) >= 11 is 1.60. The maximum atomic E-state index is 12.5. The molecule has 1 N–H and O–H groups in total. The van der Waals surface area contributed by atoms with Gasteiger partial charge in [0.2, 0.25) is 0 Å². The van der Waals surface area contributed by atoms with Crippen LogP contribution in [0.25, 0.3) is 0 Å².